The first-order chi connectivity index (χ1) is 9.66. The molecule has 1 atom stereocenters. The lowest BCUT2D eigenvalue weighted by Gasteiger charge is -2.21. The predicted molar refractivity (Wildman–Crippen MR) is 72.6 cm³/mol. The number of rotatable bonds is 3. The molecule has 1 saturated heterocycles. The lowest BCUT2D eigenvalue weighted by atomic mass is 10.2. The number of hydrogen-bond acceptors (Lipinski definition) is 4. The number of carboxylic acids is 1. The van der Waals surface area contributed by atoms with Crippen LogP contribution in [0, 0.1) is 11.8 Å². The zero-order chi connectivity index (χ0) is 14.4. The number of ether oxygens (including phenoxy) is 2. The van der Waals surface area contributed by atoms with E-state index in [4.69, 9.17) is 26.2 Å². The van der Waals surface area contributed by atoms with E-state index in [9.17, 15) is 4.79 Å². The van der Waals surface area contributed by atoms with E-state index in [2.05, 4.69) is 16.8 Å². The van der Waals surface area contributed by atoms with Crippen LogP contribution in [0.4, 0.5) is 0 Å². The Balaban J connectivity index is 1.88. The molecule has 1 aromatic heterocycles. The molecule has 0 spiro atoms. The van der Waals surface area contributed by atoms with Crippen LogP contribution in [-0.2, 0) is 9.47 Å². The average Bonchev–Trinajstić information content (AvgIpc) is 2.44. The van der Waals surface area contributed by atoms with Crippen LogP contribution in [-0.4, -0.2) is 35.6 Å². The zero-order valence-electron chi connectivity index (χ0n) is 10.8. The maximum Gasteiger partial charge on any atom is 0.356 e. The maximum absolute atomic E-state index is 10.8. The number of halogens is 1. The minimum atomic E-state index is -1.16. The monoisotopic (exact) mass is 295 g/mol. The molecule has 0 amide bonds. The van der Waals surface area contributed by atoms with Crippen molar-refractivity contribution in [2.24, 2.45) is 0 Å². The largest absolute Gasteiger partial charge is 0.476 e. The molecule has 0 aromatic carbocycles. The van der Waals surface area contributed by atoms with Crippen molar-refractivity contribution in [2.75, 3.05) is 13.2 Å². The van der Waals surface area contributed by atoms with Crippen molar-refractivity contribution in [1.29, 1.82) is 0 Å². The summed E-state index contributed by atoms with van der Waals surface area (Å²) in [6, 6.07) is 1.47. The van der Waals surface area contributed by atoms with Crippen molar-refractivity contribution in [3.05, 3.63) is 28.5 Å². The van der Waals surface area contributed by atoms with Gasteiger partial charge in [0.2, 0.25) is 0 Å². The molecule has 1 aliphatic heterocycles. The van der Waals surface area contributed by atoms with Gasteiger partial charge in [-0.2, -0.15) is 0 Å². The summed E-state index contributed by atoms with van der Waals surface area (Å²) in [5.74, 6) is 4.49. The summed E-state index contributed by atoms with van der Waals surface area (Å²) in [6.45, 7) is 0.983. The first-order valence-corrected chi connectivity index (χ1v) is 6.65. The molecule has 5 nitrogen and oxygen atoms in total. The van der Waals surface area contributed by atoms with Crippen LogP contribution in [0.5, 0.6) is 0 Å². The zero-order valence-corrected chi connectivity index (χ0v) is 11.5. The highest BCUT2D eigenvalue weighted by molar-refractivity contribution is 6.33. The fourth-order valence-corrected chi connectivity index (χ4v) is 2.03. The quantitative estimate of drug-likeness (QED) is 0.867. The van der Waals surface area contributed by atoms with Gasteiger partial charge >= 0.3 is 5.97 Å². The minimum absolute atomic E-state index is 0.0702. The molecule has 0 saturated carbocycles. The second-order valence-corrected chi connectivity index (χ2v) is 4.68. The molecule has 0 radical (unpaired) electrons. The number of carbonyl (C=O) groups is 1. The third kappa shape index (κ3) is 4.20. The lowest BCUT2D eigenvalue weighted by Crippen LogP contribution is -2.22. The number of aromatic nitrogens is 1. The Morgan fingerprint density at radius 1 is 1.60 bits per heavy atom. The van der Waals surface area contributed by atoms with E-state index < -0.39 is 5.97 Å². The number of carboxylic acid groups (broad SMARTS) is 1. The third-order valence-electron chi connectivity index (χ3n) is 2.76. The smallest absolute Gasteiger partial charge is 0.356 e. The highest BCUT2D eigenvalue weighted by Gasteiger charge is 2.13. The van der Waals surface area contributed by atoms with Crippen molar-refractivity contribution in [3.63, 3.8) is 0 Å². The van der Waals surface area contributed by atoms with Gasteiger partial charge in [0.15, 0.2) is 12.0 Å². The van der Waals surface area contributed by atoms with Crippen LogP contribution in [0.2, 0.25) is 5.02 Å². The van der Waals surface area contributed by atoms with E-state index in [0.717, 1.165) is 25.9 Å². The molecule has 6 heteroatoms. The topological polar surface area (TPSA) is 68.7 Å². The summed E-state index contributed by atoms with van der Waals surface area (Å²) >= 11 is 5.80. The third-order valence-corrected chi connectivity index (χ3v) is 3.04. The molecule has 20 heavy (non-hydrogen) atoms. The molecular weight excluding hydrogens is 282 g/mol. The van der Waals surface area contributed by atoms with Crippen molar-refractivity contribution in [3.8, 4) is 11.8 Å². The van der Waals surface area contributed by atoms with Gasteiger partial charge in [-0.25, -0.2) is 9.78 Å². The van der Waals surface area contributed by atoms with Gasteiger partial charge in [-0.1, -0.05) is 23.4 Å². The van der Waals surface area contributed by atoms with Gasteiger partial charge in [0.05, 0.1) is 5.02 Å². The number of pyridine rings is 1. The molecule has 0 bridgehead atoms. The number of aromatic carboxylic acids is 1. The number of nitrogens with zero attached hydrogens (tertiary/aromatic N) is 1. The summed E-state index contributed by atoms with van der Waals surface area (Å²) in [5.41, 5.74) is 0.372. The molecule has 2 heterocycles. The Morgan fingerprint density at radius 3 is 3.10 bits per heavy atom. The van der Waals surface area contributed by atoms with Crippen LogP contribution in [0.1, 0.15) is 35.3 Å². The molecule has 106 valence electrons. The van der Waals surface area contributed by atoms with Crippen LogP contribution in [0.25, 0.3) is 0 Å². The molecule has 2 rings (SSSR count). The Bertz CT molecular complexity index is 544. The van der Waals surface area contributed by atoms with Gasteiger partial charge in [0.1, 0.15) is 6.61 Å². The van der Waals surface area contributed by atoms with Gasteiger partial charge in [-0.05, 0) is 25.3 Å². The Hall–Kier alpha value is -1.61. The van der Waals surface area contributed by atoms with E-state index in [-0.39, 0.29) is 23.6 Å². The van der Waals surface area contributed by atoms with E-state index in [1.807, 2.05) is 0 Å². The highest BCUT2D eigenvalue weighted by atomic mass is 35.5. The van der Waals surface area contributed by atoms with Crippen LogP contribution < -0.4 is 0 Å². The summed E-state index contributed by atoms with van der Waals surface area (Å²) in [4.78, 5) is 14.5. The van der Waals surface area contributed by atoms with Gasteiger partial charge in [-0.3, -0.25) is 0 Å². The second kappa shape index (κ2) is 7.25. The Labute approximate surface area is 121 Å². The van der Waals surface area contributed by atoms with E-state index in [1.165, 1.54) is 12.3 Å². The molecule has 0 unspecified atom stereocenters. The summed E-state index contributed by atoms with van der Waals surface area (Å²) in [6.07, 6.45) is 4.27. The average molecular weight is 296 g/mol. The van der Waals surface area contributed by atoms with Gasteiger partial charge < -0.3 is 14.6 Å². The normalized spacial score (nSPS) is 18.1. The van der Waals surface area contributed by atoms with Crippen molar-refractivity contribution in [1.82, 2.24) is 4.98 Å². The highest BCUT2D eigenvalue weighted by Crippen LogP contribution is 2.15. The Morgan fingerprint density at radius 2 is 2.45 bits per heavy atom. The first kappa shape index (κ1) is 14.8. The molecule has 1 aromatic rings. The molecule has 1 aliphatic rings. The summed E-state index contributed by atoms with van der Waals surface area (Å²) in [5, 5.41) is 8.87. The van der Waals surface area contributed by atoms with Gasteiger partial charge in [0, 0.05) is 18.4 Å². The summed E-state index contributed by atoms with van der Waals surface area (Å²) < 4.78 is 10.9. The number of hydrogen-bond donors (Lipinski definition) is 1. The van der Waals surface area contributed by atoms with Crippen molar-refractivity contribution in [2.45, 2.75) is 25.6 Å². The molecule has 1 N–H and O–H groups in total. The van der Waals surface area contributed by atoms with Crippen molar-refractivity contribution < 1.29 is 19.4 Å². The van der Waals surface area contributed by atoms with Crippen LogP contribution >= 0.6 is 11.6 Å². The predicted octanol–water partition coefficient (Wildman–Crippen LogP) is 2.33. The summed E-state index contributed by atoms with van der Waals surface area (Å²) in [7, 11) is 0. The standard InChI is InChI=1S/C14H14ClNO4/c15-11-8-10(9-16-13(11)14(17)18)4-3-7-20-12-5-1-2-6-19-12/h8-9,12H,1-2,5-7H2,(H,17,18)/t12-/m1/s1. The fourth-order valence-electron chi connectivity index (χ4n) is 1.78. The van der Waals surface area contributed by atoms with E-state index in [1.54, 1.807) is 0 Å². The maximum atomic E-state index is 10.8. The van der Waals surface area contributed by atoms with Crippen LogP contribution in [0.3, 0.4) is 0 Å². The van der Waals surface area contributed by atoms with E-state index >= 15 is 0 Å². The molecular formula is C14H14ClNO4. The SMILES string of the molecule is O=C(O)c1ncc(C#CCO[C@@H]2CCCCO2)cc1Cl. The second-order valence-electron chi connectivity index (χ2n) is 4.27. The minimum Gasteiger partial charge on any atom is -0.476 e. The van der Waals surface area contributed by atoms with Crippen LogP contribution in [0.15, 0.2) is 12.3 Å². The van der Waals surface area contributed by atoms with Gasteiger partial charge in [0.25, 0.3) is 0 Å². The van der Waals surface area contributed by atoms with Crippen molar-refractivity contribution >= 4 is 17.6 Å². The fraction of sp³-hybridized carbons (Fsp3) is 0.429. The lowest BCUT2D eigenvalue weighted by molar-refractivity contribution is -0.154. The first-order valence-electron chi connectivity index (χ1n) is 6.28. The van der Waals surface area contributed by atoms with Gasteiger partial charge in [-0.15, -0.1) is 0 Å². The molecule has 1 fully saturated rings. The van der Waals surface area contributed by atoms with E-state index in [0.29, 0.717) is 5.56 Å². The molecule has 0 aliphatic carbocycles. The Kier molecular flexibility index (Phi) is 5.36.